The Hall–Kier alpha value is -7.62. The Labute approximate surface area is 328 Å². The lowest BCUT2D eigenvalue weighted by Gasteiger charge is -2.09. The van der Waals surface area contributed by atoms with E-state index >= 15 is 0 Å². The zero-order valence-corrected chi connectivity index (χ0v) is 30.9. The zero-order chi connectivity index (χ0) is 37.5. The average Bonchev–Trinajstić information content (AvgIpc) is 3.94. The quantitative estimate of drug-likeness (QED) is 0.173. The Morgan fingerprint density at radius 3 is 1.47 bits per heavy atom. The molecule has 0 radical (unpaired) electrons. The van der Waals surface area contributed by atoms with Gasteiger partial charge in [0, 0.05) is 49.8 Å². The number of hydrogen-bond donors (Lipinski definition) is 0. The van der Waals surface area contributed by atoms with Crippen molar-refractivity contribution < 1.29 is 4.42 Å². The van der Waals surface area contributed by atoms with Crippen molar-refractivity contribution >= 4 is 65.6 Å². The summed E-state index contributed by atoms with van der Waals surface area (Å²) in [7, 11) is 0. The van der Waals surface area contributed by atoms with Gasteiger partial charge in [-0.25, -0.2) is 0 Å². The van der Waals surface area contributed by atoms with Crippen molar-refractivity contribution in [3.63, 3.8) is 0 Å². The number of fused-ring (bicyclic) bond motifs is 9. The van der Waals surface area contributed by atoms with E-state index in [1.54, 1.807) is 0 Å². The van der Waals surface area contributed by atoms with E-state index in [-0.39, 0.29) is 0 Å². The van der Waals surface area contributed by atoms with Crippen molar-refractivity contribution in [2.24, 2.45) is 0 Å². The summed E-state index contributed by atoms with van der Waals surface area (Å²) in [5.41, 5.74) is 15.9. The number of aromatic nitrogens is 2. The van der Waals surface area contributed by atoms with E-state index in [9.17, 15) is 0 Å². The standard InChI is InChI=1S/C54H34N2O/c1-3-12-35(13-4-1)36-22-24-37(25-23-36)42-18-11-21-52-54(42)45-29-28-41(34-53(45)57-52)56-49-20-10-8-17-44(49)47-33-39(27-31-51(47)56)38-26-30-50-46(32-38)43-16-7-9-19-48(43)55(50)40-14-5-2-6-15-40/h1-34H. The van der Waals surface area contributed by atoms with Gasteiger partial charge < -0.3 is 13.6 Å². The van der Waals surface area contributed by atoms with E-state index in [1.807, 2.05) is 0 Å². The molecule has 0 spiro atoms. The number of nitrogens with zero attached hydrogens (tertiary/aromatic N) is 2. The third kappa shape index (κ3) is 4.92. The molecule has 57 heavy (non-hydrogen) atoms. The second-order valence-corrected chi connectivity index (χ2v) is 14.9. The van der Waals surface area contributed by atoms with Gasteiger partial charge in [0.15, 0.2) is 0 Å². The van der Waals surface area contributed by atoms with Crippen LogP contribution in [-0.2, 0) is 0 Å². The summed E-state index contributed by atoms with van der Waals surface area (Å²) in [6.45, 7) is 0. The Morgan fingerprint density at radius 1 is 0.281 bits per heavy atom. The van der Waals surface area contributed by atoms with Crippen LogP contribution in [0, 0.1) is 0 Å². The molecule has 0 unspecified atom stereocenters. The van der Waals surface area contributed by atoms with Crippen LogP contribution in [-0.4, -0.2) is 9.13 Å². The maximum absolute atomic E-state index is 6.63. The van der Waals surface area contributed by atoms with Crippen LogP contribution in [0.2, 0.25) is 0 Å². The molecule has 0 aliphatic heterocycles. The van der Waals surface area contributed by atoms with Gasteiger partial charge in [-0.15, -0.1) is 0 Å². The number of para-hydroxylation sites is 3. The minimum atomic E-state index is 0.876. The van der Waals surface area contributed by atoms with Crippen LogP contribution in [0.3, 0.4) is 0 Å². The van der Waals surface area contributed by atoms with Gasteiger partial charge in [-0.05, 0) is 100 Å². The summed E-state index contributed by atoms with van der Waals surface area (Å²) in [5.74, 6) is 0. The first-order valence-corrected chi connectivity index (χ1v) is 19.5. The van der Waals surface area contributed by atoms with Crippen LogP contribution >= 0.6 is 0 Å². The molecule has 0 fully saturated rings. The summed E-state index contributed by atoms with van der Waals surface area (Å²) in [6, 6.07) is 74.3. The van der Waals surface area contributed by atoms with E-state index in [1.165, 1.54) is 77.2 Å². The average molecular weight is 727 g/mol. The van der Waals surface area contributed by atoms with E-state index in [2.05, 4.69) is 215 Å². The summed E-state index contributed by atoms with van der Waals surface area (Å²) in [6.07, 6.45) is 0. The second kappa shape index (κ2) is 12.5. The van der Waals surface area contributed by atoms with Crippen LogP contribution in [0.5, 0.6) is 0 Å². The van der Waals surface area contributed by atoms with Gasteiger partial charge in [0.2, 0.25) is 0 Å². The summed E-state index contributed by atoms with van der Waals surface area (Å²) in [5, 5.41) is 7.21. The molecule has 0 atom stereocenters. The number of rotatable bonds is 5. The molecule has 3 aromatic heterocycles. The number of benzene rings is 9. The van der Waals surface area contributed by atoms with Crippen molar-refractivity contribution in [3.05, 3.63) is 206 Å². The molecule has 0 bridgehead atoms. The molecule has 0 saturated carbocycles. The highest BCUT2D eigenvalue weighted by atomic mass is 16.3. The fraction of sp³-hybridized carbons (Fsp3) is 0. The predicted molar refractivity (Wildman–Crippen MR) is 239 cm³/mol. The van der Waals surface area contributed by atoms with Crippen LogP contribution < -0.4 is 0 Å². The third-order valence-electron chi connectivity index (χ3n) is 11.7. The molecule has 3 heterocycles. The molecule has 0 N–H and O–H groups in total. The molecule has 266 valence electrons. The van der Waals surface area contributed by atoms with Gasteiger partial charge in [0.1, 0.15) is 11.2 Å². The topological polar surface area (TPSA) is 23.0 Å². The molecule has 3 heteroatoms. The molecule has 0 aliphatic rings. The molecule has 3 nitrogen and oxygen atoms in total. The van der Waals surface area contributed by atoms with E-state index in [0.29, 0.717) is 0 Å². The second-order valence-electron chi connectivity index (χ2n) is 14.9. The fourth-order valence-electron chi connectivity index (χ4n) is 9.11. The number of furan rings is 1. The molecule has 12 rings (SSSR count). The van der Waals surface area contributed by atoms with E-state index in [4.69, 9.17) is 4.42 Å². The minimum Gasteiger partial charge on any atom is -0.456 e. The van der Waals surface area contributed by atoms with Gasteiger partial charge in [-0.3, -0.25) is 0 Å². The molecule has 9 aromatic carbocycles. The lowest BCUT2D eigenvalue weighted by atomic mass is 9.97. The van der Waals surface area contributed by atoms with Gasteiger partial charge >= 0.3 is 0 Å². The minimum absolute atomic E-state index is 0.876. The summed E-state index contributed by atoms with van der Waals surface area (Å²) < 4.78 is 11.4. The van der Waals surface area contributed by atoms with Crippen LogP contribution in [0.1, 0.15) is 0 Å². The lowest BCUT2D eigenvalue weighted by molar-refractivity contribution is 0.668. The van der Waals surface area contributed by atoms with Crippen molar-refractivity contribution in [3.8, 4) is 44.8 Å². The highest BCUT2D eigenvalue weighted by Gasteiger charge is 2.18. The molecular weight excluding hydrogens is 693 g/mol. The van der Waals surface area contributed by atoms with Crippen molar-refractivity contribution in [1.29, 1.82) is 0 Å². The maximum atomic E-state index is 6.63. The zero-order valence-electron chi connectivity index (χ0n) is 30.9. The normalized spacial score (nSPS) is 11.9. The predicted octanol–water partition coefficient (Wildman–Crippen LogP) is 14.8. The van der Waals surface area contributed by atoms with Gasteiger partial charge in [-0.2, -0.15) is 0 Å². The van der Waals surface area contributed by atoms with Crippen molar-refractivity contribution in [1.82, 2.24) is 9.13 Å². The van der Waals surface area contributed by atoms with Gasteiger partial charge in [-0.1, -0.05) is 133 Å². The molecular formula is C54H34N2O. The van der Waals surface area contributed by atoms with Gasteiger partial charge in [0.05, 0.1) is 22.1 Å². The van der Waals surface area contributed by atoms with Crippen LogP contribution in [0.25, 0.3) is 110 Å². The Morgan fingerprint density at radius 2 is 0.807 bits per heavy atom. The summed E-state index contributed by atoms with van der Waals surface area (Å²) in [4.78, 5) is 0. The molecule has 0 amide bonds. The monoisotopic (exact) mass is 726 g/mol. The highest BCUT2D eigenvalue weighted by molar-refractivity contribution is 6.15. The lowest BCUT2D eigenvalue weighted by Crippen LogP contribution is -1.93. The maximum Gasteiger partial charge on any atom is 0.137 e. The Balaban J connectivity index is 0.972. The molecule has 0 aliphatic carbocycles. The highest BCUT2D eigenvalue weighted by Crippen LogP contribution is 2.41. The number of hydrogen-bond acceptors (Lipinski definition) is 1. The van der Waals surface area contributed by atoms with Gasteiger partial charge in [0.25, 0.3) is 0 Å². The smallest absolute Gasteiger partial charge is 0.137 e. The van der Waals surface area contributed by atoms with Crippen molar-refractivity contribution in [2.75, 3.05) is 0 Å². The van der Waals surface area contributed by atoms with Crippen LogP contribution in [0.4, 0.5) is 0 Å². The summed E-state index contributed by atoms with van der Waals surface area (Å²) >= 11 is 0. The van der Waals surface area contributed by atoms with Crippen LogP contribution in [0.15, 0.2) is 211 Å². The Bertz CT molecular complexity index is 3490. The largest absolute Gasteiger partial charge is 0.456 e. The van der Waals surface area contributed by atoms with E-state index in [0.717, 1.165) is 33.1 Å². The first kappa shape index (κ1) is 31.7. The Kier molecular flexibility index (Phi) is 6.93. The molecule has 12 aromatic rings. The van der Waals surface area contributed by atoms with Crippen molar-refractivity contribution in [2.45, 2.75) is 0 Å². The first-order valence-electron chi connectivity index (χ1n) is 19.5. The first-order chi connectivity index (χ1) is 28.3. The SMILES string of the molecule is c1ccc(-c2ccc(-c3cccc4oc5cc(-n6c7ccccc7c7cc(-c8ccc9c(c8)c8ccccc8n9-c8ccccc8)ccc76)ccc5c34)cc2)cc1. The fourth-order valence-corrected chi connectivity index (χ4v) is 9.11. The molecule has 0 saturated heterocycles. The third-order valence-corrected chi connectivity index (χ3v) is 11.7. The van der Waals surface area contributed by atoms with E-state index < -0.39 is 0 Å².